The summed E-state index contributed by atoms with van der Waals surface area (Å²) in [5.74, 6) is -2.97. The molecule has 4 N–H and O–H groups in total. The van der Waals surface area contributed by atoms with E-state index >= 15 is 0 Å². The second-order valence-corrected chi connectivity index (χ2v) is 5.89. The molecule has 0 aliphatic carbocycles. The molecule has 196 valence electrons. The van der Waals surface area contributed by atoms with Crippen LogP contribution in [0.5, 0.6) is 0 Å². The van der Waals surface area contributed by atoms with Crippen LogP contribution in [-0.2, 0) is 101 Å². The molecule has 0 unspecified atom stereocenters. The first-order valence-electron chi connectivity index (χ1n) is 8.74. The van der Waals surface area contributed by atoms with Crippen molar-refractivity contribution in [3.05, 3.63) is 26.2 Å². The topological polar surface area (TPSA) is 162 Å². The van der Waals surface area contributed by atoms with Crippen molar-refractivity contribution in [2.45, 2.75) is 6.92 Å². The van der Waals surface area contributed by atoms with Crippen molar-refractivity contribution in [3.63, 3.8) is 0 Å². The molecule has 1 heterocycles. The molecule has 12 nitrogen and oxygen atoms in total. The zero-order valence-corrected chi connectivity index (χ0v) is 28.6. The normalized spacial score (nSPS) is 16.3. The van der Waals surface area contributed by atoms with E-state index in [-0.39, 0.29) is 121 Å². The van der Waals surface area contributed by atoms with Gasteiger partial charge in [0, 0.05) is 81.7 Å². The fraction of sp³-hybridized carbons (Fsp3) is 0.529. The fourth-order valence-corrected chi connectivity index (χ4v) is 2.35. The van der Waals surface area contributed by atoms with Gasteiger partial charge in [-0.1, -0.05) is 6.92 Å². The van der Waals surface area contributed by atoms with Gasteiger partial charge in [0.25, 0.3) is 6.47 Å². The van der Waals surface area contributed by atoms with Crippen molar-refractivity contribution in [3.8, 4) is 0 Å². The van der Waals surface area contributed by atoms with E-state index in [1.807, 2.05) is 18.4 Å². The first-order chi connectivity index (χ1) is 13.7. The molecule has 4 radical (unpaired) electrons. The number of nitrogens with zero attached hydrogens (tertiary/aromatic N) is 4. The molecule has 0 aromatic rings. The SMILES string of the molecule is CCN1[CH-]CN(CC(=O)O)[CH-]CN(CC(=O)O)[CH-]CN(CC(=O)O)[CH-]C1.O=CO.[Re].[Re].[Re].[Re]. The van der Waals surface area contributed by atoms with Gasteiger partial charge in [0.1, 0.15) is 0 Å². The van der Waals surface area contributed by atoms with Gasteiger partial charge in [0.2, 0.25) is 0 Å². The van der Waals surface area contributed by atoms with Gasteiger partial charge in [-0.05, 0) is 6.54 Å². The van der Waals surface area contributed by atoms with E-state index in [4.69, 9.17) is 25.2 Å². The maximum atomic E-state index is 11.0. The molecule has 1 aliphatic heterocycles. The van der Waals surface area contributed by atoms with Gasteiger partial charge >= 0.3 is 17.9 Å². The number of carbonyl (C=O) groups is 4. The zero-order chi connectivity index (χ0) is 22.2. The summed E-state index contributed by atoms with van der Waals surface area (Å²) in [4.78, 5) is 48.1. The van der Waals surface area contributed by atoms with Crippen LogP contribution in [0.4, 0.5) is 0 Å². The number of likely N-dealkylation sites (N-methyl/N-ethyl adjacent to an activating group) is 1. The summed E-state index contributed by atoms with van der Waals surface area (Å²) in [6.45, 7) is 9.87. The van der Waals surface area contributed by atoms with Gasteiger partial charge in [0.15, 0.2) is 0 Å². The molecule has 1 aliphatic rings. The Morgan fingerprint density at radius 2 is 0.879 bits per heavy atom. The van der Waals surface area contributed by atoms with Crippen LogP contribution in [0.1, 0.15) is 6.92 Å². The third-order valence-electron chi connectivity index (χ3n) is 3.72. The third kappa shape index (κ3) is 25.3. The number of rotatable bonds is 7. The van der Waals surface area contributed by atoms with Crippen molar-refractivity contribution >= 4 is 24.4 Å². The molecule has 16 heteroatoms. The minimum absolute atomic E-state index is 0. The molecular formula is C17H28N4O8Re4-4. The summed E-state index contributed by atoms with van der Waals surface area (Å²) >= 11 is 0. The molecule has 0 atom stereocenters. The van der Waals surface area contributed by atoms with Crippen LogP contribution in [0.25, 0.3) is 0 Å². The van der Waals surface area contributed by atoms with E-state index in [1.165, 1.54) is 4.90 Å². The molecule has 1 saturated heterocycles. The number of hydrogen-bond acceptors (Lipinski definition) is 8. The van der Waals surface area contributed by atoms with Crippen LogP contribution in [0, 0.1) is 26.2 Å². The Bertz CT molecular complexity index is 505. The molecule has 0 aromatic carbocycles. The van der Waals surface area contributed by atoms with E-state index in [9.17, 15) is 14.4 Å². The Balaban J connectivity index is -0.000000353. The van der Waals surface area contributed by atoms with E-state index in [2.05, 4.69) is 0 Å². The fourth-order valence-electron chi connectivity index (χ4n) is 2.35. The molecular weight excluding hydrogens is 1130 g/mol. The van der Waals surface area contributed by atoms with Gasteiger partial charge in [-0.25, -0.2) is 0 Å². The van der Waals surface area contributed by atoms with Crippen molar-refractivity contribution in [1.29, 1.82) is 0 Å². The Morgan fingerprint density at radius 1 is 0.667 bits per heavy atom. The molecule has 0 spiro atoms. The maximum Gasteiger partial charge on any atom is 0.315 e. The van der Waals surface area contributed by atoms with Gasteiger partial charge in [-0.2, -0.15) is 0 Å². The van der Waals surface area contributed by atoms with E-state index in [0.717, 1.165) is 0 Å². The summed E-state index contributed by atoms with van der Waals surface area (Å²) < 4.78 is 0. The monoisotopic (exact) mass is 1160 g/mol. The quantitative estimate of drug-likeness (QED) is 0.179. The summed E-state index contributed by atoms with van der Waals surface area (Å²) in [7, 11) is 0. The second-order valence-electron chi connectivity index (χ2n) is 5.89. The Kier molecular flexibility index (Phi) is 35.5. The van der Waals surface area contributed by atoms with Crippen LogP contribution in [0.2, 0.25) is 0 Å². The number of carboxylic acids is 3. The predicted molar refractivity (Wildman–Crippen MR) is 101 cm³/mol. The molecule has 1 rings (SSSR count). The number of carboxylic acid groups (broad SMARTS) is 4. The first kappa shape index (κ1) is 43.4. The third-order valence-corrected chi connectivity index (χ3v) is 3.72. The Morgan fingerprint density at radius 3 is 1.09 bits per heavy atom. The largest absolute Gasteiger partial charge is 0.483 e. The van der Waals surface area contributed by atoms with Crippen LogP contribution < -0.4 is 0 Å². The second kappa shape index (κ2) is 27.0. The average Bonchev–Trinajstić information content (AvgIpc) is 2.61. The van der Waals surface area contributed by atoms with Crippen molar-refractivity contribution in [1.82, 2.24) is 19.6 Å². The molecule has 0 saturated carbocycles. The van der Waals surface area contributed by atoms with Gasteiger partial charge < -0.3 is 40.0 Å². The summed E-state index contributed by atoms with van der Waals surface area (Å²) in [6.07, 6.45) is 0. The average molecular weight is 1160 g/mol. The minimum atomic E-state index is -1.02. The zero-order valence-electron chi connectivity index (χ0n) is 17.8. The van der Waals surface area contributed by atoms with E-state index < -0.39 is 17.9 Å². The van der Waals surface area contributed by atoms with Crippen molar-refractivity contribution < 1.29 is 121 Å². The predicted octanol–water partition coefficient (Wildman–Crippen LogP) is -1.18. The Labute approximate surface area is 249 Å². The van der Waals surface area contributed by atoms with Crippen LogP contribution in [0.15, 0.2) is 0 Å². The first-order valence-corrected chi connectivity index (χ1v) is 8.74. The molecule has 0 bridgehead atoms. The molecule has 1 fully saturated rings. The van der Waals surface area contributed by atoms with Gasteiger partial charge in [-0.3, -0.25) is 45.4 Å². The van der Waals surface area contributed by atoms with Crippen molar-refractivity contribution in [2.75, 3.05) is 52.4 Å². The number of hydrogen-bond donors (Lipinski definition) is 4. The van der Waals surface area contributed by atoms with Crippen LogP contribution in [0.3, 0.4) is 0 Å². The van der Waals surface area contributed by atoms with Gasteiger partial charge in [0.05, 0.1) is 19.6 Å². The standard InChI is InChI=1S/C16H26N4O6.CH2O2.4Re/c1-2-17-3-5-18(11-14(21)22)7-9-20(13-16(25)26)10-8-19(6-4-17)12-15(23)24;2-1-3;;;;/h3,6-7,10H,2,4-5,8-9,11-13H2,1H3,(H,21,22)(H,23,24)(H,25,26);1H,(H,2,3);;;;/q-4;;;;;. The number of aliphatic carboxylic acids is 3. The van der Waals surface area contributed by atoms with Crippen LogP contribution >= 0.6 is 0 Å². The summed E-state index contributed by atoms with van der Waals surface area (Å²) in [5.41, 5.74) is 0. The summed E-state index contributed by atoms with van der Waals surface area (Å²) in [5, 5.41) is 34.0. The molecule has 0 amide bonds. The summed E-state index contributed by atoms with van der Waals surface area (Å²) in [6, 6.07) is 0. The molecule has 33 heavy (non-hydrogen) atoms. The maximum absolute atomic E-state index is 11.0. The molecule has 0 aromatic heterocycles. The van der Waals surface area contributed by atoms with Gasteiger partial charge in [-0.15, -0.1) is 26.2 Å². The van der Waals surface area contributed by atoms with E-state index in [0.29, 0.717) is 19.6 Å². The Hall–Kier alpha value is 0.369. The van der Waals surface area contributed by atoms with Crippen molar-refractivity contribution in [2.24, 2.45) is 0 Å². The minimum Gasteiger partial charge on any atom is -0.483 e. The van der Waals surface area contributed by atoms with Crippen LogP contribution in [-0.4, -0.2) is 117 Å². The van der Waals surface area contributed by atoms with E-state index in [1.54, 1.807) is 29.4 Å². The smallest absolute Gasteiger partial charge is 0.315 e.